The number of fused-ring (bicyclic) bond motifs is 4. The fraction of sp³-hybridized carbons (Fsp3) is 0.0435. The zero-order valence-corrected chi connectivity index (χ0v) is 13.4. The first kappa shape index (κ1) is 13.4. The predicted molar refractivity (Wildman–Crippen MR) is 101 cm³/mol. The van der Waals surface area contributed by atoms with Gasteiger partial charge in [-0.05, 0) is 58.7 Å². The highest BCUT2D eigenvalue weighted by Gasteiger charge is 2.11. The van der Waals surface area contributed by atoms with Crippen LogP contribution in [0.4, 0.5) is 0 Å². The van der Waals surface area contributed by atoms with Crippen LogP contribution in [0.15, 0.2) is 83.3 Å². The first-order chi connectivity index (χ1) is 11.8. The largest absolute Gasteiger partial charge is 0.456 e. The average Bonchev–Trinajstić information content (AvgIpc) is 2.98. The molecule has 0 aliphatic heterocycles. The van der Waals surface area contributed by atoms with Crippen LogP contribution in [-0.4, -0.2) is 0 Å². The van der Waals surface area contributed by atoms with E-state index in [-0.39, 0.29) is 0 Å². The van der Waals surface area contributed by atoms with E-state index in [4.69, 9.17) is 4.42 Å². The Morgan fingerprint density at radius 1 is 0.625 bits per heavy atom. The van der Waals surface area contributed by atoms with Gasteiger partial charge in [-0.25, -0.2) is 0 Å². The van der Waals surface area contributed by atoms with Crippen LogP contribution in [0.5, 0.6) is 0 Å². The molecule has 0 amide bonds. The van der Waals surface area contributed by atoms with Crippen LogP contribution in [0.3, 0.4) is 0 Å². The summed E-state index contributed by atoms with van der Waals surface area (Å²) in [6.07, 6.45) is 0. The number of benzene rings is 4. The topological polar surface area (TPSA) is 13.1 Å². The average molecular weight is 308 g/mol. The maximum Gasteiger partial charge on any atom is 0.135 e. The highest BCUT2D eigenvalue weighted by Crippen LogP contribution is 2.35. The second kappa shape index (κ2) is 4.97. The molecular weight excluding hydrogens is 292 g/mol. The number of hydrogen-bond donors (Lipinski definition) is 0. The van der Waals surface area contributed by atoms with Crippen LogP contribution in [0.2, 0.25) is 0 Å². The van der Waals surface area contributed by atoms with Gasteiger partial charge >= 0.3 is 0 Å². The Morgan fingerprint density at radius 3 is 2.33 bits per heavy atom. The van der Waals surface area contributed by atoms with E-state index in [2.05, 4.69) is 73.7 Å². The summed E-state index contributed by atoms with van der Waals surface area (Å²) < 4.78 is 5.99. The van der Waals surface area contributed by atoms with Crippen LogP contribution < -0.4 is 0 Å². The third kappa shape index (κ3) is 1.95. The molecule has 0 fully saturated rings. The molecule has 114 valence electrons. The zero-order chi connectivity index (χ0) is 16.1. The minimum atomic E-state index is 0.947. The lowest BCUT2D eigenvalue weighted by Crippen LogP contribution is -1.84. The van der Waals surface area contributed by atoms with Gasteiger partial charge in [0.15, 0.2) is 0 Å². The summed E-state index contributed by atoms with van der Waals surface area (Å²) in [5.74, 6) is 0. The Hall–Kier alpha value is -3.06. The molecule has 0 N–H and O–H groups in total. The smallest absolute Gasteiger partial charge is 0.135 e. The van der Waals surface area contributed by atoms with Crippen molar-refractivity contribution < 1.29 is 4.42 Å². The van der Waals surface area contributed by atoms with Gasteiger partial charge in [0, 0.05) is 10.8 Å². The molecule has 5 aromatic rings. The number of rotatable bonds is 1. The third-order valence-corrected chi connectivity index (χ3v) is 4.78. The number of para-hydroxylation sites is 1. The van der Waals surface area contributed by atoms with Crippen molar-refractivity contribution >= 4 is 32.7 Å². The van der Waals surface area contributed by atoms with E-state index in [1.165, 1.54) is 38.2 Å². The maximum atomic E-state index is 5.99. The second-order valence-electron chi connectivity index (χ2n) is 6.32. The lowest BCUT2D eigenvalue weighted by Gasteiger charge is -2.08. The van der Waals surface area contributed by atoms with E-state index in [1.807, 2.05) is 12.1 Å². The number of furan rings is 1. The van der Waals surface area contributed by atoms with E-state index in [9.17, 15) is 0 Å². The van der Waals surface area contributed by atoms with Gasteiger partial charge in [-0.3, -0.25) is 0 Å². The lowest BCUT2D eigenvalue weighted by atomic mass is 9.96. The number of aryl methyl sites for hydroxylation is 1. The molecular formula is C23H16O. The highest BCUT2D eigenvalue weighted by atomic mass is 16.3. The molecule has 5 rings (SSSR count). The Balaban J connectivity index is 1.80. The molecule has 0 spiro atoms. The van der Waals surface area contributed by atoms with Crippen molar-refractivity contribution in [1.29, 1.82) is 0 Å². The summed E-state index contributed by atoms with van der Waals surface area (Å²) >= 11 is 0. The van der Waals surface area contributed by atoms with Crippen molar-refractivity contribution in [3.63, 3.8) is 0 Å². The van der Waals surface area contributed by atoms with Crippen molar-refractivity contribution in [2.24, 2.45) is 0 Å². The van der Waals surface area contributed by atoms with E-state index >= 15 is 0 Å². The van der Waals surface area contributed by atoms with Crippen molar-refractivity contribution in [3.05, 3.63) is 84.4 Å². The van der Waals surface area contributed by atoms with Gasteiger partial charge in [-0.2, -0.15) is 0 Å². The van der Waals surface area contributed by atoms with Gasteiger partial charge in [-0.15, -0.1) is 0 Å². The zero-order valence-electron chi connectivity index (χ0n) is 13.4. The highest BCUT2D eigenvalue weighted by molar-refractivity contribution is 6.07. The molecule has 24 heavy (non-hydrogen) atoms. The Bertz CT molecular complexity index is 1210. The third-order valence-electron chi connectivity index (χ3n) is 4.78. The van der Waals surface area contributed by atoms with Crippen molar-refractivity contribution in [3.8, 4) is 11.1 Å². The molecule has 0 radical (unpaired) electrons. The summed E-state index contributed by atoms with van der Waals surface area (Å²) in [4.78, 5) is 0. The molecule has 1 heterocycles. The first-order valence-electron chi connectivity index (χ1n) is 8.21. The van der Waals surface area contributed by atoms with Gasteiger partial charge in [0.2, 0.25) is 0 Å². The normalized spacial score (nSPS) is 11.5. The van der Waals surface area contributed by atoms with E-state index < -0.39 is 0 Å². The molecule has 4 aromatic carbocycles. The molecule has 0 unspecified atom stereocenters. The van der Waals surface area contributed by atoms with Crippen LogP contribution in [0, 0.1) is 6.92 Å². The van der Waals surface area contributed by atoms with Gasteiger partial charge in [-0.1, -0.05) is 54.6 Å². The van der Waals surface area contributed by atoms with Gasteiger partial charge < -0.3 is 4.42 Å². The number of hydrogen-bond acceptors (Lipinski definition) is 1. The molecule has 0 saturated carbocycles. The van der Waals surface area contributed by atoms with Crippen molar-refractivity contribution in [2.45, 2.75) is 6.92 Å². The first-order valence-corrected chi connectivity index (χ1v) is 8.21. The molecule has 1 aromatic heterocycles. The standard InChI is InChI=1S/C23H16O/c1-15-12-23-21(19-8-4-5-9-22(19)24-23)14-20(15)18-11-10-16-6-2-3-7-17(16)13-18/h2-14H,1H3. The maximum absolute atomic E-state index is 5.99. The summed E-state index contributed by atoms with van der Waals surface area (Å²) in [6, 6.07) is 27.8. The minimum Gasteiger partial charge on any atom is -0.456 e. The summed E-state index contributed by atoms with van der Waals surface area (Å²) in [7, 11) is 0. The molecule has 0 aliphatic rings. The fourth-order valence-electron chi connectivity index (χ4n) is 3.54. The van der Waals surface area contributed by atoms with E-state index in [0.29, 0.717) is 0 Å². The van der Waals surface area contributed by atoms with Gasteiger partial charge in [0.05, 0.1) is 0 Å². The van der Waals surface area contributed by atoms with Crippen LogP contribution >= 0.6 is 0 Å². The molecule has 0 aliphatic carbocycles. The van der Waals surface area contributed by atoms with Crippen molar-refractivity contribution in [1.82, 2.24) is 0 Å². The Kier molecular flexibility index (Phi) is 2.77. The Labute approximate surface area is 140 Å². The van der Waals surface area contributed by atoms with Crippen LogP contribution in [-0.2, 0) is 0 Å². The predicted octanol–water partition coefficient (Wildman–Crippen LogP) is 6.71. The van der Waals surface area contributed by atoms with Gasteiger partial charge in [0.25, 0.3) is 0 Å². The lowest BCUT2D eigenvalue weighted by molar-refractivity contribution is 0.668. The summed E-state index contributed by atoms with van der Waals surface area (Å²) in [5, 5.41) is 4.90. The molecule has 1 heteroatoms. The van der Waals surface area contributed by atoms with E-state index in [1.54, 1.807) is 0 Å². The van der Waals surface area contributed by atoms with Crippen molar-refractivity contribution in [2.75, 3.05) is 0 Å². The molecule has 1 nitrogen and oxygen atoms in total. The summed E-state index contributed by atoms with van der Waals surface area (Å²) in [6.45, 7) is 2.15. The van der Waals surface area contributed by atoms with Gasteiger partial charge in [0.1, 0.15) is 11.2 Å². The molecule has 0 saturated heterocycles. The quantitative estimate of drug-likeness (QED) is 0.335. The van der Waals surface area contributed by atoms with E-state index in [0.717, 1.165) is 11.2 Å². The second-order valence-corrected chi connectivity index (χ2v) is 6.32. The Morgan fingerprint density at radius 2 is 1.42 bits per heavy atom. The SMILES string of the molecule is Cc1cc2oc3ccccc3c2cc1-c1ccc2ccccc2c1. The fourth-order valence-corrected chi connectivity index (χ4v) is 3.54. The monoisotopic (exact) mass is 308 g/mol. The minimum absolute atomic E-state index is 0.947. The molecule has 0 atom stereocenters. The van der Waals surface area contributed by atoms with Crippen LogP contribution in [0.25, 0.3) is 43.8 Å². The molecule has 0 bridgehead atoms. The summed E-state index contributed by atoms with van der Waals surface area (Å²) in [5.41, 5.74) is 5.65. The van der Waals surface area contributed by atoms with Crippen LogP contribution in [0.1, 0.15) is 5.56 Å².